The molecule has 0 aliphatic carbocycles. The van der Waals surface area contributed by atoms with E-state index in [0.29, 0.717) is 29.3 Å². The van der Waals surface area contributed by atoms with Gasteiger partial charge in [0.2, 0.25) is 0 Å². The molecular weight excluding hydrogens is 392 g/mol. The molecule has 6 nitrogen and oxygen atoms in total. The maximum Gasteiger partial charge on any atom is 0.271 e. The maximum absolute atomic E-state index is 13.2. The lowest BCUT2D eigenvalue weighted by molar-refractivity contribution is -0.141. The van der Waals surface area contributed by atoms with Gasteiger partial charge in [0.1, 0.15) is 29.7 Å². The van der Waals surface area contributed by atoms with Crippen LogP contribution in [-0.2, 0) is 16.1 Å². The molecule has 0 aromatic heterocycles. The third-order valence-electron chi connectivity index (χ3n) is 4.88. The minimum Gasteiger partial charge on any atom is -0.497 e. The normalized spacial score (nSPS) is 15.1. The van der Waals surface area contributed by atoms with Crippen LogP contribution in [0.1, 0.15) is 18.1 Å². The number of rotatable bonds is 7. The molecule has 2 aromatic rings. The van der Waals surface area contributed by atoms with Gasteiger partial charge in [-0.25, -0.2) is 0 Å². The number of imide groups is 1. The van der Waals surface area contributed by atoms with Crippen LogP contribution in [0.4, 0.5) is 0 Å². The van der Waals surface area contributed by atoms with Crippen LogP contribution in [0.3, 0.4) is 0 Å². The van der Waals surface area contributed by atoms with E-state index >= 15 is 0 Å². The van der Waals surface area contributed by atoms with Crippen molar-refractivity contribution in [2.24, 2.45) is 0 Å². The topological polar surface area (TPSA) is 79.6 Å². The van der Waals surface area contributed by atoms with Crippen LogP contribution in [0.25, 0.3) is 6.08 Å². The summed E-state index contributed by atoms with van der Waals surface area (Å²) >= 11 is 0. The Morgan fingerprint density at radius 1 is 1.03 bits per heavy atom. The lowest BCUT2D eigenvalue weighted by atomic mass is 9.93. The van der Waals surface area contributed by atoms with Crippen LogP contribution < -0.4 is 9.47 Å². The Labute approximate surface area is 181 Å². The fraction of sp³-hybridized carbons (Fsp3) is 0.160. The molecule has 0 radical (unpaired) electrons. The highest BCUT2D eigenvalue weighted by molar-refractivity contribution is 6.19. The highest BCUT2D eigenvalue weighted by Crippen LogP contribution is 2.28. The fourth-order valence-electron chi connectivity index (χ4n) is 3.17. The summed E-state index contributed by atoms with van der Waals surface area (Å²) in [5, 5.41) is 9.54. The van der Waals surface area contributed by atoms with E-state index in [1.807, 2.05) is 18.2 Å². The molecule has 1 aliphatic rings. The van der Waals surface area contributed by atoms with Crippen LogP contribution in [0.5, 0.6) is 11.5 Å². The van der Waals surface area contributed by atoms with Gasteiger partial charge in [-0.3, -0.25) is 14.5 Å². The van der Waals surface area contributed by atoms with Crippen molar-refractivity contribution in [1.82, 2.24) is 4.90 Å². The second-order valence-electron chi connectivity index (χ2n) is 6.88. The standard InChI is InChI=1S/C25H22N2O4/c1-4-13-31-21-11-5-18(6-12-21)14-22-17(2)23(15-26)25(29)27(24(22)28)16-19-7-9-20(30-3)10-8-19/h4-12,14H,1,13,16H2,2-3H3/b22-14+. The molecule has 0 spiro atoms. The van der Waals surface area contributed by atoms with Crippen LogP contribution >= 0.6 is 0 Å². The Morgan fingerprint density at radius 2 is 1.68 bits per heavy atom. The van der Waals surface area contributed by atoms with Crippen LogP contribution in [0, 0.1) is 11.3 Å². The number of hydrogen-bond acceptors (Lipinski definition) is 5. The zero-order valence-corrected chi connectivity index (χ0v) is 17.4. The Balaban J connectivity index is 1.93. The molecule has 0 bridgehead atoms. The molecule has 2 aromatic carbocycles. The molecule has 0 N–H and O–H groups in total. The highest BCUT2D eigenvalue weighted by atomic mass is 16.5. The number of methoxy groups -OCH3 is 1. The van der Waals surface area contributed by atoms with Gasteiger partial charge in [0.25, 0.3) is 11.8 Å². The SMILES string of the molecule is C=CCOc1ccc(/C=C2/C(=O)N(Cc3ccc(OC)cc3)C(=O)C(C#N)=C2C)cc1. The molecule has 0 fully saturated rings. The number of carbonyl (C=O) groups excluding carboxylic acids is 2. The third kappa shape index (κ3) is 4.73. The van der Waals surface area contributed by atoms with E-state index in [9.17, 15) is 14.9 Å². The average Bonchev–Trinajstić information content (AvgIpc) is 2.79. The van der Waals surface area contributed by atoms with Gasteiger partial charge in [0, 0.05) is 5.57 Å². The Kier molecular flexibility index (Phi) is 6.68. The molecule has 3 rings (SSSR count). The minimum absolute atomic E-state index is 0.0368. The van der Waals surface area contributed by atoms with Crippen molar-refractivity contribution >= 4 is 17.9 Å². The fourth-order valence-corrected chi connectivity index (χ4v) is 3.17. The Hall–Kier alpha value is -4.11. The second-order valence-corrected chi connectivity index (χ2v) is 6.88. The van der Waals surface area contributed by atoms with Gasteiger partial charge >= 0.3 is 0 Å². The Bertz CT molecular complexity index is 1100. The summed E-state index contributed by atoms with van der Waals surface area (Å²) in [7, 11) is 1.56. The quantitative estimate of drug-likeness (QED) is 0.388. The van der Waals surface area contributed by atoms with E-state index in [4.69, 9.17) is 9.47 Å². The summed E-state index contributed by atoms with van der Waals surface area (Å²) in [6.07, 6.45) is 3.34. The predicted octanol–water partition coefficient (Wildman–Crippen LogP) is 4.05. The van der Waals surface area contributed by atoms with Gasteiger partial charge in [-0.05, 0) is 54.0 Å². The van der Waals surface area contributed by atoms with E-state index < -0.39 is 11.8 Å². The first-order valence-electron chi connectivity index (χ1n) is 9.64. The molecule has 0 saturated carbocycles. The monoisotopic (exact) mass is 414 g/mol. The summed E-state index contributed by atoms with van der Waals surface area (Å²) < 4.78 is 10.6. The van der Waals surface area contributed by atoms with Crippen molar-refractivity contribution in [3.05, 3.63) is 89.0 Å². The zero-order chi connectivity index (χ0) is 22.4. The van der Waals surface area contributed by atoms with Crippen LogP contribution in [-0.4, -0.2) is 30.4 Å². The second kappa shape index (κ2) is 9.59. The molecular formula is C25H22N2O4. The number of carbonyl (C=O) groups is 2. The molecule has 0 saturated heterocycles. The summed E-state index contributed by atoms with van der Waals surface area (Å²) in [4.78, 5) is 27.1. The van der Waals surface area contributed by atoms with Gasteiger partial charge in [0.05, 0.1) is 13.7 Å². The van der Waals surface area contributed by atoms with Crippen LogP contribution in [0.2, 0.25) is 0 Å². The van der Waals surface area contributed by atoms with Gasteiger partial charge in [-0.2, -0.15) is 5.26 Å². The Morgan fingerprint density at radius 3 is 2.26 bits per heavy atom. The molecule has 1 aliphatic heterocycles. The smallest absolute Gasteiger partial charge is 0.271 e. The number of benzene rings is 2. The summed E-state index contributed by atoms with van der Waals surface area (Å²) in [5.74, 6) is 0.323. The average molecular weight is 414 g/mol. The molecule has 0 atom stereocenters. The van der Waals surface area contributed by atoms with E-state index in [-0.39, 0.29) is 12.1 Å². The number of nitriles is 1. The van der Waals surface area contributed by atoms with Crippen molar-refractivity contribution in [1.29, 1.82) is 5.26 Å². The van der Waals surface area contributed by atoms with E-state index in [0.717, 1.165) is 16.0 Å². The first-order chi connectivity index (χ1) is 15.0. The number of amides is 2. The zero-order valence-electron chi connectivity index (χ0n) is 17.4. The molecule has 6 heteroatoms. The number of hydrogen-bond donors (Lipinski definition) is 0. The summed E-state index contributed by atoms with van der Waals surface area (Å²) in [5.41, 5.74) is 2.15. The molecule has 156 valence electrons. The van der Waals surface area contributed by atoms with Gasteiger partial charge < -0.3 is 9.47 Å². The molecule has 2 amide bonds. The number of ether oxygens (including phenoxy) is 2. The van der Waals surface area contributed by atoms with E-state index in [1.54, 1.807) is 62.6 Å². The molecule has 31 heavy (non-hydrogen) atoms. The van der Waals surface area contributed by atoms with Gasteiger partial charge in [-0.1, -0.05) is 36.9 Å². The van der Waals surface area contributed by atoms with Crippen LogP contribution in [0.15, 0.2) is 77.9 Å². The summed E-state index contributed by atoms with van der Waals surface area (Å²) in [6.45, 7) is 5.69. The highest BCUT2D eigenvalue weighted by Gasteiger charge is 2.35. The van der Waals surface area contributed by atoms with Crippen molar-refractivity contribution in [3.8, 4) is 17.6 Å². The molecule has 1 heterocycles. The first-order valence-corrected chi connectivity index (χ1v) is 9.64. The van der Waals surface area contributed by atoms with Crippen molar-refractivity contribution in [2.45, 2.75) is 13.5 Å². The third-order valence-corrected chi connectivity index (χ3v) is 4.88. The predicted molar refractivity (Wildman–Crippen MR) is 117 cm³/mol. The lowest BCUT2D eigenvalue weighted by Gasteiger charge is -2.27. The van der Waals surface area contributed by atoms with E-state index in [2.05, 4.69) is 6.58 Å². The number of nitrogens with zero attached hydrogens (tertiary/aromatic N) is 2. The van der Waals surface area contributed by atoms with Crippen molar-refractivity contribution < 1.29 is 19.1 Å². The summed E-state index contributed by atoms with van der Waals surface area (Å²) in [6, 6.07) is 16.2. The maximum atomic E-state index is 13.2. The van der Waals surface area contributed by atoms with Gasteiger partial charge in [-0.15, -0.1) is 0 Å². The van der Waals surface area contributed by atoms with Gasteiger partial charge in [0.15, 0.2) is 0 Å². The first kappa shape index (κ1) is 21.6. The molecule has 0 unspecified atom stereocenters. The van der Waals surface area contributed by atoms with Crippen molar-refractivity contribution in [3.63, 3.8) is 0 Å². The minimum atomic E-state index is -0.592. The van der Waals surface area contributed by atoms with E-state index in [1.165, 1.54) is 0 Å². The largest absolute Gasteiger partial charge is 0.497 e. The van der Waals surface area contributed by atoms with Crippen molar-refractivity contribution in [2.75, 3.05) is 13.7 Å². The lowest BCUT2D eigenvalue weighted by Crippen LogP contribution is -2.42.